The van der Waals surface area contributed by atoms with Crippen molar-refractivity contribution in [1.29, 1.82) is 0 Å². The third-order valence-corrected chi connectivity index (χ3v) is 3.01. The zero-order valence-corrected chi connectivity index (χ0v) is 20.2. The van der Waals surface area contributed by atoms with Crippen molar-refractivity contribution in [3.8, 4) is 5.75 Å². The summed E-state index contributed by atoms with van der Waals surface area (Å²) < 4.78 is 9.72. The van der Waals surface area contributed by atoms with Gasteiger partial charge in [0.15, 0.2) is 0 Å². The van der Waals surface area contributed by atoms with Gasteiger partial charge in [-0.2, -0.15) is 0 Å². The molecule has 1 saturated heterocycles. The smallest absolute Gasteiger partial charge is 0.290 e. The van der Waals surface area contributed by atoms with Crippen LogP contribution in [0.15, 0.2) is 18.2 Å². The molecule has 5 N–H and O–H groups in total. The van der Waals surface area contributed by atoms with Crippen molar-refractivity contribution in [2.24, 2.45) is 0 Å². The molecule has 1 aromatic carbocycles. The number of aliphatic hydroxyl groups is 2. The van der Waals surface area contributed by atoms with E-state index < -0.39 is 12.2 Å². The number of ether oxygens (including phenoxy) is 2. The van der Waals surface area contributed by atoms with Crippen LogP contribution in [0.5, 0.6) is 5.75 Å². The van der Waals surface area contributed by atoms with Crippen molar-refractivity contribution < 1.29 is 39.5 Å². The molecular formula is C22H43NO8. The van der Waals surface area contributed by atoms with E-state index in [1.165, 1.54) is 13.1 Å². The molecule has 9 nitrogen and oxygen atoms in total. The number of carbonyl (C=O) groups is 2. The van der Waals surface area contributed by atoms with Gasteiger partial charge >= 0.3 is 0 Å². The lowest BCUT2D eigenvalue weighted by atomic mass is 10.1. The number of methoxy groups -OCH3 is 1. The number of aliphatic hydroxyl groups excluding tert-OH is 2. The first-order valence-corrected chi connectivity index (χ1v) is 10.4. The van der Waals surface area contributed by atoms with Crippen LogP contribution >= 0.6 is 0 Å². The van der Waals surface area contributed by atoms with Gasteiger partial charge in [0.1, 0.15) is 5.75 Å². The van der Waals surface area contributed by atoms with E-state index >= 15 is 0 Å². The maximum atomic E-state index is 11.3. The normalized spacial score (nSPS) is 15.7. The molecule has 1 amide bonds. The second kappa shape index (κ2) is 27.8. The van der Waals surface area contributed by atoms with E-state index in [9.17, 15) is 9.90 Å². The monoisotopic (exact) mass is 449 g/mol. The fourth-order valence-corrected chi connectivity index (χ4v) is 1.95. The summed E-state index contributed by atoms with van der Waals surface area (Å²) in [6.07, 6.45) is -0.461. The quantitative estimate of drug-likeness (QED) is 0.443. The minimum absolute atomic E-state index is 0.0239. The number of carbonyl (C=O) groups excluding carboxylic acids is 1. The van der Waals surface area contributed by atoms with Crippen molar-refractivity contribution >= 4 is 12.4 Å². The second-order valence-corrected chi connectivity index (χ2v) is 5.05. The number of hydrogen-bond donors (Lipinski definition) is 5. The van der Waals surface area contributed by atoms with Crippen LogP contribution in [0.1, 0.15) is 63.9 Å². The van der Waals surface area contributed by atoms with Gasteiger partial charge < -0.3 is 35.2 Å². The molecule has 2 rings (SSSR count). The SMILES string of the molecule is CC.CC.CC.CNC(=O)c1cc(COC)ccc1O.O=CO.OC1COCC(O)C1. The van der Waals surface area contributed by atoms with Crippen LogP contribution in [-0.4, -0.2) is 72.4 Å². The van der Waals surface area contributed by atoms with Gasteiger partial charge in [0.25, 0.3) is 12.4 Å². The Morgan fingerprint density at radius 3 is 1.90 bits per heavy atom. The molecule has 1 fully saturated rings. The Balaban J connectivity index is -0.000000182. The molecule has 0 aromatic heterocycles. The van der Waals surface area contributed by atoms with E-state index in [0.29, 0.717) is 26.2 Å². The second-order valence-electron chi connectivity index (χ2n) is 5.05. The standard InChI is InChI=1S/C10H13NO3.C5H10O3.3C2H6.CH2O2/c1-11-10(13)8-5-7(6-14-2)3-4-9(8)12;6-4-1-5(7)3-8-2-4;3*1-2;2-1-3/h3-5,12H,6H2,1-2H3,(H,11,13);4-7H,1-3H2;3*1-2H3;1H,(H,2,3). The van der Waals surface area contributed by atoms with Crippen molar-refractivity contribution in [3.05, 3.63) is 29.3 Å². The Morgan fingerprint density at radius 1 is 1.13 bits per heavy atom. The van der Waals surface area contributed by atoms with Crippen LogP contribution < -0.4 is 5.32 Å². The first-order chi connectivity index (χ1) is 14.9. The summed E-state index contributed by atoms with van der Waals surface area (Å²) in [5.74, 6) is -0.329. The van der Waals surface area contributed by atoms with Gasteiger partial charge in [-0.3, -0.25) is 9.59 Å². The summed E-state index contributed by atoms with van der Waals surface area (Å²) in [7, 11) is 3.09. The van der Waals surface area contributed by atoms with Crippen LogP contribution in [0.4, 0.5) is 0 Å². The lowest BCUT2D eigenvalue weighted by molar-refractivity contribution is -0.122. The minimum atomic E-state index is -0.459. The summed E-state index contributed by atoms with van der Waals surface area (Å²) >= 11 is 0. The van der Waals surface area contributed by atoms with Crippen molar-refractivity contribution in [2.75, 3.05) is 27.4 Å². The predicted molar refractivity (Wildman–Crippen MR) is 122 cm³/mol. The molecule has 31 heavy (non-hydrogen) atoms. The number of phenols is 1. The number of benzene rings is 1. The van der Waals surface area contributed by atoms with Crippen LogP contribution in [-0.2, 0) is 20.9 Å². The predicted octanol–water partition coefficient (Wildman–Crippen LogP) is 2.81. The number of rotatable bonds is 3. The van der Waals surface area contributed by atoms with Gasteiger partial charge in [-0.1, -0.05) is 47.6 Å². The van der Waals surface area contributed by atoms with Gasteiger partial charge in [-0.25, -0.2) is 0 Å². The highest BCUT2D eigenvalue weighted by Crippen LogP contribution is 2.18. The summed E-state index contributed by atoms with van der Waals surface area (Å²) in [5, 5.41) is 36.3. The van der Waals surface area contributed by atoms with Crippen molar-refractivity contribution in [3.63, 3.8) is 0 Å². The Morgan fingerprint density at radius 2 is 1.58 bits per heavy atom. The van der Waals surface area contributed by atoms with Crippen LogP contribution in [0, 0.1) is 0 Å². The highest BCUT2D eigenvalue weighted by atomic mass is 16.5. The largest absolute Gasteiger partial charge is 0.507 e. The lowest BCUT2D eigenvalue weighted by Gasteiger charge is -2.21. The lowest BCUT2D eigenvalue weighted by Crippen LogP contribution is -2.32. The number of nitrogens with one attached hydrogen (secondary N) is 1. The molecule has 0 saturated carbocycles. The Hall–Kier alpha value is -2.20. The molecular weight excluding hydrogens is 406 g/mol. The molecule has 1 aliphatic rings. The molecule has 0 radical (unpaired) electrons. The molecule has 9 heteroatoms. The van der Waals surface area contributed by atoms with Crippen molar-refractivity contribution in [2.45, 2.75) is 66.8 Å². The number of carboxylic acid groups (broad SMARTS) is 1. The van der Waals surface area contributed by atoms with E-state index in [1.54, 1.807) is 19.2 Å². The van der Waals surface area contributed by atoms with Gasteiger partial charge in [-0.15, -0.1) is 0 Å². The molecule has 1 aromatic rings. The average Bonchev–Trinajstić information content (AvgIpc) is 2.80. The maximum Gasteiger partial charge on any atom is 0.290 e. The van der Waals surface area contributed by atoms with Crippen LogP contribution in [0.2, 0.25) is 0 Å². The highest BCUT2D eigenvalue weighted by molar-refractivity contribution is 5.96. The summed E-state index contributed by atoms with van der Waals surface area (Å²) in [6.45, 7) is 12.9. The van der Waals surface area contributed by atoms with Gasteiger partial charge in [0.05, 0.1) is 37.6 Å². The molecule has 1 heterocycles. The first-order valence-electron chi connectivity index (χ1n) is 10.4. The van der Waals surface area contributed by atoms with E-state index in [4.69, 9.17) is 29.6 Å². The van der Waals surface area contributed by atoms with Gasteiger partial charge in [-0.05, 0) is 17.7 Å². The Labute approximate surface area is 187 Å². The van der Waals surface area contributed by atoms with E-state index in [-0.39, 0.29) is 23.7 Å². The first kappa shape index (κ1) is 36.2. The molecule has 2 atom stereocenters. The van der Waals surface area contributed by atoms with Gasteiger partial charge in [0.2, 0.25) is 0 Å². The van der Waals surface area contributed by atoms with Crippen molar-refractivity contribution in [1.82, 2.24) is 5.32 Å². The molecule has 1 aliphatic heterocycles. The van der Waals surface area contributed by atoms with Crippen LogP contribution in [0.25, 0.3) is 0 Å². The number of phenolic OH excluding ortho intramolecular Hbond substituents is 1. The highest BCUT2D eigenvalue weighted by Gasteiger charge is 2.17. The van der Waals surface area contributed by atoms with E-state index in [0.717, 1.165) is 5.56 Å². The summed E-state index contributed by atoms with van der Waals surface area (Å²) in [4.78, 5) is 19.6. The summed E-state index contributed by atoms with van der Waals surface area (Å²) in [5.41, 5.74) is 1.12. The van der Waals surface area contributed by atoms with Gasteiger partial charge in [0, 0.05) is 20.6 Å². The zero-order valence-electron chi connectivity index (χ0n) is 20.2. The fourth-order valence-electron chi connectivity index (χ4n) is 1.95. The number of hydrogen-bond acceptors (Lipinski definition) is 7. The third kappa shape index (κ3) is 20.8. The fraction of sp³-hybridized carbons (Fsp3) is 0.636. The van der Waals surface area contributed by atoms with E-state index in [1.807, 2.05) is 41.5 Å². The maximum absolute atomic E-state index is 11.3. The number of aromatic hydroxyl groups is 1. The minimum Gasteiger partial charge on any atom is -0.507 e. The average molecular weight is 450 g/mol. The molecule has 0 aliphatic carbocycles. The molecule has 184 valence electrons. The Bertz CT molecular complexity index is 518. The molecule has 2 unspecified atom stereocenters. The van der Waals surface area contributed by atoms with Crippen LogP contribution in [0.3, 0.4) is 0 Å². The third-order valence-electron chi connectivity index (χ3n) is 3.01. The molecule has 0 bridgehead atoms. The molecule has 0 spiro atoms. The summed E-state index contributed by atoms with van der Waals surface area (Å²) in [6, 6.07) is 4.81. The number of amides is 1. The Kier molecular flexibility index (Phi) is 32.5. The zero-order chi connectivity index (χ0) is 25.2. The van der Waals surface area contributed by atoms with E-state index in [2.05, 4.69) is 5.32 Å². The topological polar surface area (TPSA) is 146 Å².